The molecule has 104 valence electrons. The van der Waals surface area contributed by atoms with Crippen LogP contribution in [0.1, 0.15) is 39.0 Å². The fourth-order valence-corrected chi connectivity index (χ4v) is 2.01. The molecule has 0 saturated carbocycles. The normalized spacial score (nSPS) is 15.3. The lowest BCUT2D eigenvalue weighted by Crippen LogP contribution is -2.40. The van der Waals surface area contributed by atoms with Gasteiger partial charge >= 0.3 is 0 Å². The molecule has 0 bridgehead atoms. The van der Waals surface area contributed by atoms with Crippen molar-refractivity contribution in [3.05, 3.63) is 24.2 Å². The van der Waals surface area contributed by atoms with Crippen molar-refractivity contribution in [2.24, 2.45) is 5.73 Å². The number of hydrogen-bond acceptors (Lipinski definition) is 4. The standard InChI is InChI=1S/C14H26N2O2/c1-5-12(15)14(13-7-6-9-18-13)16(4)8-10-17-11(2)3/h6-7,9,11-12,14H,5,8,10,15H2,1-4H3. The molecule has 0 aromatic carbocycles. The Labute approximate surface area is 110 Å². The third kappa shape index (κ3) is 4.44. The van der Waals surface area contributed by atoms with Gasteiger partial charge in [0.1, 0.15) is 5.76 Å². The van der Waals surface area contributed by atoms with Gasteiger partial charge < -0.3 is 14.9 Å². The maximum atomic E-state index is 6.20. The van der Waals surface area contributed by atoms with E-state index in [1.54, 1.807) is 6.26 Å². The monoisotopic (exact) mass is 254 g/mol. The van der Waals surface area contributed by atoms with E-state index in [9.17, 15) is 0 Å². The molecule has 2 unspecified atom stereocenters. The van der Waals surface area contributed by atoms with E-state index in [0.29, 0.717) is 6.61 Å². The van der Waals surface area contributed by atoms with Gasteiger partial charge in [-0.25, -0.2) is 0 Å². The zero-order valence-corrected chi connectivity index (χ0v) is 11.9. The number of nitrogens with two attached hydrogens (primary N) is 1. The SMILES string of the molecule is CCC(N)C(c1ccco1)N(C)CCOC(C)C. The first-order valence-electron chi connectivity index (χ1n) is 6.67. The molecule has 4 heteroatoms. The fourth-order valence-electron chi connectivity index (χ4n) is 2.01. The molecule has 1 aromatic rings. The third-order valence-corrected chi connectivity index (χ3v) is 3.08. The maximum absolute atomic E-state index is 6.20. The zero-order valence-electron chi connectivity index (χ0n) is 11.9. The number of likely N-dealkylation sites (N-methyl/N-ethyl adjacent to an activating group) is 1. The minimum atomic E-state index is 0.0696. The van der Waals surface area contributed by atoms with Gasteiger partial charge in [0.15, 0.2) is 0 Å². The summed E-state index contributed by atoms with van der Waals surface area (Å²) in [5.74, 6) is 0.927. The Morgan fingerprint density at radius 3 is 2.67 bits per heavy atom. The number of nitrogens with zero attached hydrogens (tertiary/aromatic N) is 1. The third-order valence-electron chi connectivity index (χ3n) is 3.08. The molecule has 0 radical (unpaired) electrons. The van der Waals surface area contributed by atoms with Crippen molar-refractivity contribution in [2.75, 3.05) is 20.2 Å². The summed E-state index contributed by atoms with van der Waals surface area (Å²) >= 11 is 0. The van der Waals surface area contributed by atoms with Crippen molar-refractivity contribution in [1.29, 1.82) is 0 Å². The van der Waals surface area contributed by atoms with E-state index in [2.05, 4.69) is 18.9 Å². The number of ether oxygens (including phenoxy) is 1. The molecule has 1 aromatic heterocycles. The van der Waals surface area contributed by atoms with E-state index in [0.717, 1.165) is 18.7 Å². The molecule has 2 N–H and O–H groups in total. The zero-order chi connectivity index (χ0) is 13.5. The summed E-state index contributed by atoms with van der Waals surface area (Å²) in [6.45, 7) is 7.74. The van der Waals surface area contributed by atoms with Crippen LogP contribution in [0.3, 0.4) is 0 Å². The van der Waals surface area contributed by atoms with Crippen LogP contribution in [0, 0.1) is 0 Å². The molecule has 0 aliphatic heterocycles. The highest BCUT2D eigenvalue weighted by Gasteiger charge is 2.25. The molecule has 4 nitrogen and oxygen atoms in total. The van der Waals surface area contributed by atoms with Crippen LogP contribution in [0.4, 0.5) is 0 Å². The lowest BCUT2D eigenvalue weighted by atomic mass is 10.0. The second-order valence-corrected chi connectivity index (χ2v) is 4.93. The molecule has 0 aliphatic rings. The highest BCUT2D eigenvalue weighted by atomic mass is 16.5. The Kier molecular flexibility index (Phi) is 6.39. The summed E-state index contributed by atoms with van der Waals surface area (Å²) in [5, 5.41) is 0. The smallest absolute Gasteiger partial charge is 0.122 e. The van der Waals surface area contributed by atoms with E-state index in [1.165, 1.54) is 0 Å². The van der Waals surface area contributed by atoms with Gasteiger partial charge in [0.05, 0.1) is 25.0 Å². The van der Waals surface area contributed by atoms with E-state index in [4.69, 9.17) is 14.9 Å². The first-order valence-corrected chi connectivity index (χ1v) is 6.67. The van der Waals surface area contributed by atoms with Crippen LogP contribution in [0.5, 0.6) is 0 Å². The molecule has 0 aliphatic carbocycles. The molecule has 0 fully saturated rings. The Morgan fingerprint density at radius 1 is 1.44 bits per heavy atom. The van der Waals surface area contributed by atoms with Crippen LogP contribution in [0.25, 0.3) is 0 Å². The van der Waals surface area contributed by atoms with Gasteiger partial charge in [-0.15, -0.1) is 0 Å². The molecule has 1 heterocycles. The van der Waals surface area contributed by atoms with Gasteiger partial charge in [-0.2, -0.15) is 0 Å². The molecular weight excluding hydrogens is 228 g/mol. The second kappa shape index (κ2) is 7.56. The van der Waals surface area contributed by atoms with E-state index >= 15 is 0 Å². The summed E-state index contributed by atoms with van der Waals surface area (Å²) in [6.07, 6.45) is 2.88. The van der Waals surface area contributed by atoms with Crippen LogP contribution < -0.4 is 5.73 Å². The molecule has 1 rings (SSSR count). The summed E-state index contributed by atoms with van der Waals surface area (Å²) < 4.78 is 11.1. The van der Waals surface area contributed by atoms with Crippen LogP contribution in [0.2, 0.25) is 0 Å². The van der Waals surface area contributed by atoms with Gasteiger partial charge in [-0.1, -0.05) is 6.92 Å². The predicted octanol–water partition coefficient (Wildman–Crippen LogP) is 2.41. The quantitative estimate of drug-likeness (QED) is 0.774. The Hall–Kier alpha value is -0.840. The van der Waals surface area contributed by atoms with Gasteiger partial charge in [0.25, 0.3) is 0 Å². The molecule has 18 heavy (non-hydrogen) atoms. The molecule has 0 spiro atoms. The Balaban J connectivity index is 2.60. The van der Waals surface area contributed by atoms with E-state index in [1.807, 2.05) is 26.0 Å². The highest BCUT2D eigenvalue weighted by molar-refractivity contribution is 5.07. The minimum absolute atomic E-state index is 0.0696. The van der Waals surface area contributed by atoms with Crippen molar-refractivity contribution in [1.82, 2.24) is 4.90 Å². The van der Waals surface area contributed by atoms with Crippen LogP contribution in [-0.4, -0.2) is 37.2 Å². The first kappa shape index (κ1) is 15.2. The fraction of sp³-hybridized carbons (Fsp3) is 0.714. The predicted molar refractivity (Wildman–Crippen MR) is 73.4 cm³/mol. The van der Waals surface area contributed by atoms with Crippen molar-refractivity contribution in [3.8, 4) is 0 Å². The Morgan fingerprint density at radius 2 is 2.17 bits per heavy atom. The summed E-state index contributed by atoms with van der Waals surface area (Å²) in [4.78, 5) is 2.20. The molecule has 0 saturated heterocycles. The topological polar surface area (TPSA) is 51.6 Å². The average molecular weight is 254 g/mol. The molecule has 2 atom stereocenters. The highest BCUT2D eigenvalue weighted by Crippen LogP contribution is 2.24. The van der Waals surface area contributed by atoms with Crippen molar-refractivity contribution in [3.63, 3.8) is 0 Å². The van der Waals surface area contributed by atoms with E-state index < -0.39 is 0 Å². The maximum Gasteiger partial charge on any atom is 0.122 e. The van der Waals surface area contributed by atoms with Crippen LogP contribution in [-0.2, 0) is 4.74 Å². The summed E-state index contributed by atoms with van der Waals surface area (Å²) in [6, 6.07) is 4.07. The lowest BCUT2D eigenvalue weighted by Gasteiger charge is -2.30. The van der Waals surface area contributed by atoms with Gasteiger partial charge in [0, 0.05) is 12.6 Å². The minimum Gasteiger partial charge on any atom is -0.468 e. The van der Waals surface area contributed by atoms with Gasteiger partial charge in [-0.3, -0.25) is 4.90 Å². The van der Waals surface area contributed by atoms with Crippen molar-refractivity contribution >= 4 is 0 Å². The van der Waals surface area contributed by atoms with Crippen molar-refractivity contribution < 1.29 is 9.15 Å². The second-order valence-electron chi connectivity index (χ2n) is 4.93. The number of rotatable bonds is 8. The van der Waals surface area contributed by atoms with Crippen LogP contribution in [0.15, 0.2) is 22.8 Å². The van der Waals surface area contributed by atoms with Gasteiger partial charge in [-0.05, 0) is 39.4 Å². The first-order chi connectivity index (χ1) is 8.56. The van der Waals surface area contributed by atoms with Crippen LogP contribution >= 0.6 is 0 Å². The van der Waals surface area contributed by atoms with Gasteiger partial charge in [0.2, 0.25) is 0 Å². The number of furan rings is 1. The van der Waals surface area contributed by atoms with Crippen molar-refractivity contribution in [2.45, 2.75) is 45.4 Å². The largest absolute Gasteiger partial charge is 0.468 e. The Bertz CT molecular complexity index is 312. The molecule has 0 amide bonds. The molecular formula is C14H26N2O2. The summed E-state index contributed by atoms with van der Waals surface area (Å²) in [5.41, 5.74) is 6.20. The summed E-state index contributed by atoms with van der Waals surface area (Å²) in [7, 11) is 2.06. The number of hydrogen-bond donors (Lipinski definition) is 1. The van der Waals surface area contributed by atoms with E-state index in [-0.39, 0.29) is 18.2 Å². The lowest BCUT2D eigenvalue weighted by molar-refractivity contribution is 0.0499. The average Bonchev–Trinajstić information content (AvgIpc) is 2.82.